The van der Waals surface area contributed by atoms with E-state index in [1.165, 1.54) is 11.3 Å². The number of alkyl halides is 3. The summed E-state index contributed by atoms with van der Waals surface area (Å²) >= 11 is 1.26. The van der Waals surface area contributed by atoms with E-state index in [0.717, 1.165) is 4.90 Å². The number of nitrogens with two attached hydrogens (primary N) is 1. The second-order valence-electron chi connectivity index (χ2n) is 4.72. The number of halogens is 3. The molecule has 0 aromatic carbocycles. The molecule has 0 spiro atoms. The molecule has 0 saturated carbocycles. The molecule has 3 nitrogen and oxygen atoms in total. The van der Waals surface area contributed by atoms with Crippen LogP contribution in [0.1, 0.15) is 24.8 Å². The molecule has 0 fully saturated rings. The number of carbonyl (C=O) groups excluding carboxylic acids is 1. The van der Waals surface area contributed by atoms with Crippen LogP contribution in [0.4, 0.5) is 13.2 Å². The van der Waals surface area contributed by atoms with Gasteiger partial charge in [0.1, 0.15) is 12.6 Å². The van der Waals surface area contributed by atoms with Crippen molar-refractivity contribution in [1.82, 2.24) is 4.90 Å². The fourth-order valence-corrected chi connectivity index (χ4v) is 2.40. The zero-order valence-electron chi connectivity index (χ0n) is 10.8. The van der Waals surface area contributed by atoms with Crippen molar-refractivity contribution in [2.75, 3.05) is 13.1 Å². The number of hydrogen-bond donors (Lipinski definition) is 1. The van der Waals surface area contributed by atoms with Gasteiger partial charge in [-0.1, -0.05) is 19.9 Å². The lowest BCUT2D eigenvalue weighted by Gasteiger charge is -2.27. The molecule has 1 aromatic heterocycles. The van der Waals surface area contributed by atoms with Gasteiger partial charge in [0.05, 0.1) is 0 Å². The van der Waals surface area contributed by atoms with Gasteiger partial charge < -0.3 is 10.6 Å². The maximum Gasteiger partial charge on any atom is 0.406 e. The minimum atomic E-state index is -4.42. The second-order valence-corrected chi connectivity index (χ2v) is 5.70. The predicted octanol–water partition coefficient (Wildman–Crippen LogP) is 2.79. The molecule has 1 atom stereocenters. The van der Waals surface area contributed by atoms with Crippen LogP contribution >= 0.6 is 11.3 Å². The van der Waals surface area contributed by atoms with Gasteiger partial charge in [0, 0.05) is 11.4 Å². The molecule has 0 aliphatic rings. The highest BCUT2D eigenvalue weighted by atomic mass is 32.1. The van der Waals surface area contributed by atoms with E-state index in [1.54, 1.807) is 31.4 Å². The predicted molar refractivity (Wildman–Crippen MR) is 68.7 cm³/mol. The van der Waals surface area contributed by atoms with Crippen LogP contribution in [0, 0.1) is 5.92 Å². The van der Waals surface area contributed by atoms with Gasteiger partial charge in [-0.2, -0.15) is 13.2 Å². The highest BCUT2D eigenvalue weighted by molar-refractivity contribution is 7.10. The van der Waals surface area contributed by atoms with Crippen molar-refractivity contribution in [3.63, 3.8) is 0 Å². The summed E-state index contributed by atoms with van der Waals surface area (Å²) in [7, 11) is 0. The largest absolute Gasteiger partial charge is 0.406 e. The Morgan fingerprint density at radius 1 is 1.47 bits per heavy atom. The Morgan fingerprint density at radius 3 is 2.53 bits per heavy atom. The molecule has 1 rings (SSSR count). The summed E-state index contributed by atoms with van der Waals surface area (Å²) in [5.41, 5.74) is 5.73. The monoisotopic (exact) mass is 294 g/mol. The third kappa shape index (κ3) is 5.20. The van der Waals surface area contributed by atoms with Gasteiger partial charge >= 0.3 is 6.18 Å². The van der Waals surface area contributed by atoms with E-state index in [0.29, 0.717) is 4.88 Å². The Bertz CT molecular complexity index is 404. The zero-order valence-corrected chi connectivity index (χ0v) is 11.6. The molecule has 2 N–H and O–H groups in total. The Kier molecular flexibility index (Phi) is 5.37. The highest BCUT2D eigenvalue weighted by Crippen LogP contribution is 2.23. The molecule has 108 valence electrons. The Balaban J connectivity index is 2.81. The van der Waals surface area contributed by atoms with Gasteiger partial charge in [0.25, 0.3) is 0 Å². The molecular formula is C12H17F3N2OS. The lowest BCUT2D eigenvalue weighted by molar-refractivity contribution is -0.163. The van der Waals surface area contributed by atoms with Crippen molar-refractivity contribution in [2.24, 2.45) is 11.7 Å². The third-order valence-corrected chi connectivity index (χ3v) is 3.34. The number of amides is 1. The average molecular weight is 294 g/mol. The molecule has 0 radical (unpaired) electrons. The normalized spacial score (nSPS) is 13.6. The summed E-state index contributed by atoms with van der Waals surface area (Å²) in [4.78, 5) is 13.4. The summed E-state index contributed by atoms with van der Waals surface area (Å²) in [6.07, 6.45) is -4.42. The van der Waals surface area contributed by atoms with Gasteiger partial charge in [-0.25, -0.2) is 0 Å². The van der Waals surface area contributed by atoms with Crippen LogP contribution in [0.2, 0.25) is 0 Å². The molecule has 0 saturated heterocycles. The molecule has 1 heterocycles. The molecule has 1 amide bonds. The molecule has 0 aliphatic carbocycles. The van der Waals surface area contributed by atoms with Crippen LogP contribution in [-0.2, 0) is 4.79 Å². The van der Waals surface area contributed by atoms with Crippen LogP contribution < -0.4 is 5.73 Å². The van der Waals surface area contributed by atoms with E-state index in [9.17, 15) is 18.0 Å². The Morgan fingerprint density at radius 2 is 2.11 bits per heavy atom. The van der Waals surface area contributed by atoms with Crippen molar-refractivity contribution in [3.8, 4) is 0 Å². The molecule has 19 heavy (non-hydrogen) atoms. The Hall–Kier alpha value is -1.08. The first-order chi connectivity index (χ1) is 8.70. The van der Waals surface area contributed by atoms with Gasteiger partial charge in [-0.05, 0) is 17.4 Å². The number of rotatable bonds is 5. The van der Waals surface area contributed by atoms with E-state index in [2.05, 4.69) is 0 Å². The maximum absolute atomic E-state index is 12.5. The summed E-state index contributed by atoms with van der Waals surface area (Å²) in [5.74, 6) is -0.740. The van der Waals surface area contributed by atoms with Crippen LogP contribution in [0.3, 0.4) is 0 Å². The first-order valence-electron chi connectivity index (χ1n) is 5.85. The van der Waals surface area contributed by atoms with E-state index < -0.39 is 24.7 Å². The fraction of sp³-hybridized carbons (Fsp3) is 0.583. The Labute approximate surface area is 114 Å². The molecule has 1 unspecified atom stereocenters. The maximum atomic E-state index is 12.5. The van der Waals surface area contributed by atoms with Gasteiger partial charge in [0.2, 0.25) is 5.91 Å². The zero-order chi connectivity index (χ0) is 14.6. The lowest BCUT2D eigenvalue weighted by Crippen LogP contribution is -2.45. The van der Waals surface area contributed by atoms with E-state index in [4.69, 9.17) is 5.73 Å². The van der Waals surface area contributed by atoms with Crippen LogP contribution in [0.5, 0.6) is 0 Å². The SMILES string of the molecule is CC(C)CN(CC(F)(F)F)C(=O)C(N)c1cccs1. The van der Waals surface area contributed by atoms with Crippen molar-refractivity contribution >= 4 is 17.2 Å². The molecule has 0 bridgehead atoms. The fourth-order valence-electron chi connectivity index (χ4n) is 1.68. The van der Waals surface area contributed by atoms with Crippen molar-refractivity contribution < 1.29 is 18.0 Å². The summed E-state index contributed by atoms with van der Waals surface area (Å²) in [5, 5.41) is 1.74. The highest BCUT2D eigenvalue weighted by Gasteiger charge is 2.35. The van der Waals surface area contributed by atoms with Gasteiger partial charge in [-0.3, -0.25) is 4.79 Å². The lowest BCUT2D eigenvalue weighted by atomic mass is 10.1. The molecular weight excluding hydrogens is 277 g/mol. The molecule has 7 heteroatoms. The van der Waals surface area contributed by atoms with Crippen LogP contribution in [-0.4, -0.2) is 30.1 Å². The van der Waals surface area contributed by atoms with E-state index >= 15 is 0 Å². The van der Waals surface area contributed by atoms with Crippen molar-refractivity contribution in [3.05, 3.63) is 22.4 Å². The van der Waals surface area contributed by atoms with Crippen molar-refractivity contribution in [2.45, 2.75) is 26.1 Å². The standard InChI is InChI=1S/C12H17F3N2OS/c1-8(2)6-17(7-12(13,14)15)11(18)10(16)9-4-3-5-19-9/h3-5,8,10H,6-7,16H2,1-2H3. The summed E-state index contributed by atoms with van der Waals surface area (Å²) in [6.45, 7) is 2.29. The topological polar surface area (TPSA) is 46.3 Å². The summed E-state index contributed by atoms with van der Waals surface area (Å²) < 4.78 is 37.5. The summed E-state index contributed by atoms with van der Waals surface area (Å²) in [6, 6.07) is 2.33. The van der Waals surface area contributed by atoms with E-state index in [-0.39, 0.29) is 12.5 Å². The minimum Gasteiger partial charge on any atom is -0.332 e. The quantitative estimate of drug-likeness (QED) is 0.907. The minimum absolute atomic E-state index is 0.0391. The average Bonchev–Trinajstić information content (AvgIpc) is 2.76. The van der Waals surface area contributed by atoms with Gasteiger partial charge in [-0.15, -0.1) is 11.3 Å². The number of thiophene rings is 1. The second kappa shape index (κ2) is 6.38. The van der Waals surface area contributed by atoms with Crippen LogP contribution in [0.15, 0.2) is 17.5 Å². The number of nitrogens with zero attached hydrogens (tertiary/aromatic N) is 1. The van der Waals surface area contributed by atoms with Gasteiger partial charge in [0.15, 0.2) is 0 Å². The van der Waals surface area contributed by atoms with Crippen LogP contribution in [0.25, 0.3) is 0 Å². The van der Waals surface area contributed by atoms with E-state index in [1.807, 2.05) is 0 Å². The third-order valence-electron chi connectivity index (χ3n) is 2.38. The number of hydrogen-bond acceptors (Lipinski definition) is 3. The first-order valence-corrected chi connectivity index (χ1v) is 6.73. The molecule has 1 aromatic rings. The number of carbonyl (C=O) groups is 1. The first kappa shape index (κ1) is 16.0. The smallest absolute Gasteiger partial charge is 0.332 e. The van der Waals surface area contributed by atoms with Crippen molar-refractivity contribution in [1.29, 1.82) is 0 Å². The molecule has 0 aliphatic heterocycles.